The van der Waals surface area contributed by atoms with Crippen molar-refractivity contribution in [3.63, 3.8) is 0 Å². The topological polar surface area (TPSA) is 98.2 Å². The lowest BCUT2D eigenvalue weighted by atomic mass is 9.88. The van der Waals surface area contributed by atoms with Gasteiger partial charge in [0.05, 0.1) is 27.0 Å². The molecule has 0 spiro atoms. The summed E-state index contributed by atoms with van der Waals surface area (Å²) in [6.07, 6.45) is 5.31. The average molecular weight is 454 g/mol. The van der Waals surface area contributed by atoms with Crippen LogP contribution in [0.2, 0.25) is 0 Å². The van der Waals surface area contributed by atoms with Gasteiger partial charge < -0.3 is 19.5 Å². The van der Waals surface area contributed by atoms with Crippen LogP contribution in [0.15, 0.2) is 41.5 Å². The molecule has 0 bridgehead atoms. The van der Waals surface area contributed by atoms with Crippen molar-refractivity contribution < 1.29 is 23.8 Å². The third-order valence-electron chi connectivity index (χ3n) is 5.78. The van der Waals surface area contributed by atoms with Crippen LogP contribution in [0.1, 0.15) is 54.9 Å². The summed E-state index contributed by atoms with van der Waals surface area (Å²) in [7, 11) is 4.47. The van der Waals surface area contributed by atoms with Crippen LogP contribution in [0.25, 0.3) is 0 Å². The second kappa shape index (κ2) is 11.4. The van der Waals surface area contributed by atoms with Crippen molar-refractivity contribution in [2.24, 2.45) is 11.0 Å². The maximum atomic E-state index is 12.7. The maximum absolute atomic E-state index is 12.7. The summed E-state index contributed by atoms with van der Waals surface area (Å²) in [6, 6.07) is 10.6. The van der Waals surface area contributed by atoms with E-state index in [1.807, 2.05) is 24.3 Å². The molecule has 0 unspecified atom stereocenters. The summed E-state index contributed by atoms with van der Waals surface area (Å²) in [5.74, 6) is 0.888. The number of methoxy groups -OCH3 is 3. The smallest absolute Gasteiger partial charge is 0.271 e. The number of hydrogen-bond acceptors (Lipinski definition) is 6. The third-order valence-corrected chi connectivity index (χ3v) is 5.78. The van der Waals surface area contributed by atoms with Crippen LogP contribution in [0.3, 0.4) is 0 Å². The average Bonchev–Trinajstić information content (AvgIpc) is 2.86. The quantitative estimate of drug-likeness (QED) is 0.456. The van der Waals surface area contributed by atoms with Crippen LogP contribution in [-0.2, 0) is 4.79 Å². The summed E-state index contributed by atoms with van der Waals surface area (Å²) in [5, 5.41) is 7.24. The number of benzene rings is 2. The van der Waals surface area contributed by atoms with Gasteiger partial charge in [-0.2, -0.15) is 5.10 Å². The molecule has 8 nitrogen and oxygen atoms in total. The van der Waals surface area contributed by atoms with E-state index in [0.29, 0.717) is 34.2 Å². The summed E-state index contributed by atoms with van der Waals surface area (Å²) < 4.78 is 15.9. The predicted octanol–water partition coefficient (Wildman–Crippen LogP) is 4.39. The van der Waals surface area contributed by atoms with Crippen LogP contribution in [0.4, 0.5) is 5.69 Å². The Morgan fingerprint density at radius 2 is 1.58 bits per heavy atom. The Morgan fingerprint density at radius 3 is 2.18 bits per heavy atom. The van der Waals surface area contributed by atoms with Crippen LogP contribution in [-0.4, -0.2) is 38.9 Å². The van der Waals surface area contributed by atoms with Crippen molar-refractivity contribution in [3.05, 3.63) is 47.5 Å². The Balaban J connectivity index is 1.70. The predicted molar refractivity (Wildman–Crippen MR) is 127 cm³/mol. The van der Waals surface area contributed by atoms with Crippen molar-refractivity contribution in [3.8, 4) is 17.2 Å². The largest absolute Gasteiger partial charge is 0.493 e. The van der Waals surface area contributed by atoms with Gasteiger partial charge >= 0.3 is 0 Å². The molecule has 2 N–H and O–H groups in total. The fraction of sp³-hybridized carbons (Fsp3) is 0.400. The zero-order chi connectivity index (χ0) is 23.8. The van der Waals surface area contributed by atoms with Crippen LogP contribution in [0, 0.1) is 5.92 Å². The van der Waals surface area contributed by atoms with Crippen molar-refractivity contribution >= 4 is 23.2 Å². The van der Waals surface area contributed by atoms with Gasteiger partial charge in [0.15, 0.2) is 11.5 Å². The van der Waals surface area contributed by atoms with E-state index in [-0.39, 0.29) is 11.8 Å². The number of ether oxygens (including phenoxy) is 3. The van der Waals surface area contributed by atoms with Crippen LogP contribution >= 0.6 is 0 Å². The molecule has 2 aromatic carbocycles. The lowest BCUT2D eigenvalue weighted by Crippen LogP contribution is -2.24. The number of rotatable bonds is 8. The van der Waals surface area contributed by atoms with Gasteiger partial charge in [-0.25, -0.2) is 5.43 Å². The normalized spacial score (nSPS) is 14.4. The lowest BCUT2D eigenvalue weighted by Gasteiger charge is -2.20. The van der Waals surface area contributed by atoms with E-state index >= 15 is 0 Å². The fourth-order valence-electron chi connectivity index (χ4n) is 3.91. The van der Waals surface area contributed by atoms with Gasteiger partial charge in [0.2, 0.25) is 11.7 Å². The Hall–Kier alpha value is -3.55. The first-order valence-corrected chi connectivity index (χ1v) is 11.0. The molecule has 33 heavy (non-hydrogen) atoms. The van der Waals surface area contributed by atoms with E-state index in [1.165, 1.54) is 27.8 Å². The zero-order valence-electron chi connectivity index (χ0n) is 19.6. The lowest BCUT2D eigenvalue weighted by molar-refractivity contribution is -0.120. The van der Waals surface area contributed by atoms with Gasteiger partial charge in [-0.05, 0) is 49.6 Å². The molecule has 176 valence electrons. The van der Waals surface area contributed by atoms with E-state index in [1.54, 1.807) is 19.1 Å². The minimum Gasteiger partial charge on any atom is -0.493 e. The minimum absolute atomic E-state index is 0.0668. The Labute approximate surface area is 194 Å². The monoisotopic (exact) mass is 453 g/mol. The zero-order valence-corrected chi connectivity index (χ0v) is 19.6. The minimum atomic E-state index is -0.421. The summed E-state index contributed by atoms with van der Waals surface area (Å²) in [5.41, 5.74) is 4.98. The third kappa shape index (κ3) is 6.03. The number of carbonyl (C=O) groups excluding carboxylic acids is 2. The molecule has 0 aliphatic heterocycles. The van der Waals surface area contributed by atoms with Crippen LogP contribution in [0.5, 0.6) is 17.2 Å². The van der Waals surface area contributed by atoms with E-state index in [0.717, 1.165) is 31.2 Å². The summed E-state index contributed by atoms with van der Waals surface area (Å²) >= 11 is 0. The second-order valence-corrected chi connectivity index (χ2v) is 7.96. The highest BCUT2D eigenvalue weighted by molar-refractivity contribution is 6.02. The van der Waals surface area contributed by atoms with Gasteiger partial charge in [0.25, 0.3) is 5.91 Å². The highest BCUT2D eigenvalue weighted by Crippen LogP contribution is 2.38. The Morgan fingerprint density at radius 1 is 0.909 bits per heavy atom. The van der Waals surface area contributed by atoms with Gasteiger partial charge in [-0.1, -0.05) is 31.4 Å². The molecule has 0 heterocycles. The molecular weight excluding hydrogens is 422 g/mol. The van der Waals surface area contributed by atoms with Crippen molar-refractivity contribution in [2.75, 3.05) is 26.6 Å². The number of hydrogen-bond donors (Lipinski definition) is 2. The molecule has 3 rings (SSSR count). The number of carbonyl (C=O) groups is 2. The first kappa shape index (κ1) is 24.1. The molecule has 1 saturated carbocycles. The van der Waals surface area contributed by atoms with E-state index in [9.17, 15) is 9.59 Å². The summed E-state index contributed by atoms with van der Waals surface area (Å²) in [4.78, 5) is 25.2. The van der Waals surface area contributed by atoms with Crippen molar-refractivity contribution in [2.45, 2.75) is 39.0 Å². The number of anilines is 1. The summed E-state index contributed by atoms with van der Waals surface area (Å²) in [6.45, 7) is 1.79. The molecule has 1 aliphatic rings. The molecule has 1 fully saturated rings. The molecular formula is C25H31N3O5. The molecule has 2 aromatic rings. The number of nitrogens with zero attached hydrogens (tertiary/aromatic N) is 1. The Bertz CT molecular complexity index is 1000. The second-order valence-electron chi connectivity index (χ2n) is 7.96. The number of amides is 2. The van der Waals surface area contributed by atoms with E-state index < -0.39 is 5.91 Å². The number of nitrogens with one attached hydrogen (secondary N) is 2. The maximum Gasteiger partial charge on any atom is 0.271 e. The molecule has 2 amide bonds. The highest BCUT2D eigenvalue weighted by atomic mass is 16.5. The number of hydrazone groups is 1. The molecule has 0 saturated heterocycles. The first-order chi connectivity index (χ1) is 16.0. The van der Waals surface area contributed by atoms with Crippen molar-refractivity contribution in [1.29, 1.82) is 0 Å². The van der Waals surface area contributed by atoms with Crippen LogP contribution < -0.4 is 25.0 Å². The fourth-order valence-corrected chi connectivity index (χ4v) is 3.91. The van der Waals surface area contributed by atoms with Gasteiger partial charge in [0, 0.05) is 17.2 Å². The van der Waals surface area contributed by atoms with E-state index in [4.69, 9.17) is 14.2 Å². The standard InChI is InChI=1S/C25H31N3O5/c1-16(18-11-8-12-20(13-18)26-24(29)17-9-6-5-7-10-17)27-28-25(30)19-14-21(31-2)23(33-4)22(15-19)32-3/h8,11-15,17H,5-7,9-10H2,1-4H3,(H,26,29)(H,28,30)/b27-16-. The molecule has 1 aliphatic carbocycles. The van der Waals surface area contributed by atoms with Gasteiger partial charge in [-0.3, -0.25) is 9.59 Å². The van der Waals surface area contributed by atoms with Gasteiger partial charge in [0.1, 0.15) is 0 Å². The Kier molecular flexibility index (Phi) is 8.29. The highest BCUT2D eigenvalue weighted by Gasteiger charge is 2.21. The first-order valence-electron chi connectivity index (χ1n) is 11.0. The molecule has 0 radical (unpaired) electrons. The van der Waals surface area contributed by atoms with E-state index in [2.05, 4.69) is 15.8 Å². The van der Waals surface area contributed by atoms with Crippen molar-refractivity contribution in [1.82, 2.24) is 5.43 Å². The SMILES string of the molecule is COc1cc(C(=O)N/N=C(/C)c2cccc(NC(=O)C3CCCCC3)c2)cc(OC)c1OC. The molecule has 8 heteroatoms. The molecule has 0 atom stereocenters. The molecule has 0 aromatic heterocycles. The van der Waals surface area contributed by atoms with Gasteiger partial charge in [-0.15, -0.1) is 0 Å².